The van der Waals surface area contributed by atoms with Gasteiger partial charge in [0.25, 0.3) is 0 Å². The molecule has 0 aliphatic rings. The van der Waals surface area contributed by atoms with Gasteiger partial charge in [-0.3, -0.25) is 0 Å². The van der Waals surface area contributed by atoms with Crippen LogP contribution in [0.5, 0.6) is 5.75 Å². The van der Waals surface area contributed by atoms with Crippen LogP contribution < -0.4 is 5.73 Å². The molecule has 1 aromatic rings. The Hall–Kier alpha value is -0.750. The molecule has 0 spiro atoms. The summed E-state index contributed by atoms with van der Waals surface area (Å²) in [6, 6.07) is 4.47. The van der Waals surface area contributed by atoms with Crippen molar-refractivity contribution in [2.75, 3.05) is 12.8 Å². The monoisotopic (exact) mass is 215 g/mol. The van der Waals surface area contributed by atoms with Crippen LogP contribution in [0.1, 0.15) is 11.7 Å². The summed E-state index contributed by atoms with van der Waals surface area (Å²) in [6.07, 6.45) is 0.686. The van der Waals surface area contributed by atoms with Gasteiger partial charge in [0.1, 0.15) is 6.26 Å². The van der Waals surface area contributed by atoms with Crippen LogP contribution >= 0.6 is 0 Å². The molecule has 4 N–H and O–H groups in total. The average molecular weight is 215 g/mol. The Balaban J connectivity index is 3.06. The van der Waals surface area contributed by atoms with E-state index in [4.69, 9.17) is 5.73 Å². The Bertz CT molecular complexity index is 317. The van der Waals surface area contributed by atoms with Crippen molar-refractivity contribution in [2.45, 2.75) is 11.0 Å². The van der Waals surface area contributed by atoms with Crippen molar-refractivity contribution in [2.24, 2.45) is 5.73 Å². The topological polar surface area (TPSA) is 89.5 Å². The average Bonchev–Trinajstić information content (AvgIpc) is 2.17. The molecule has 0 saturated carbocycles. The van der Waals surface area contributed by atoms with Gasteiger partial charge in [-0.15, -0.1) is 0 Å². The number of rotatable bonds is 3. The van der Waals surface area contributed by atoms with Gasteiger partial charge in [0, 0.05) is 12.6 Å². The highest BCUT2D eigenvalue weighted by Gasteiger charge is 2.14. The zero-order valence-corrected chi connectivity index (χ0v) is 8.62. The Labute approximate surface area is 85.5 Å². The molecule has 0 aliphatic carbocycles. The Kier molecular flexibility index (Phi) is 3.77. The predicted octanol–water partition coefficient (Wildman–Crippen LogP) is 0.122. The highest BCUT2D eigenvalue weighted by Crippen LogP contribution is 2.25. The molecule has 0 saturated heterocycles. The van der Waals surface area contributed by atoms with Crippen molar-refractivity contribution in [3.05, 3.63) is 23.8 Å². The molecule has 78 valence electrons. The van der Waals surface area contributed by atoms with E-state index in [2.05, 4.69) is 0 Å². The molecule has 5 heteroatoms. The maximum absolute atomic E-state index is 11.2. The molecule has 1 aromatic carbocycles. The molecule has 0 heterocycles. The molecule has 2 unspecified atom stereocenters. The number of phenolic OH excluding ortho intramolecular Hbond substituents is 1. The first kappa shape index (κ1) is 11.3. The highest BCUT2D eigenvalue weighted by atomic mass is 32.2. The minimum Gasteiger partial charge on any atom is -0.612 e. The van der Waals surface area contributed by atoms with Gasteiger partial charge < -0.3 is 20.5 Å². The number of phenols is 1. The van der Waals surface area contributed by atoms with Crippen LogP contribution in [0.4, 0.5) is 0 Å². The second kappa shape index (κ2) is 4.65. The third kappa shape index (κ3) is 2.39. The smallest absolute Gasteiger partial charge is 0.194 e. The number of hydrogen-bond donors (Lipinski definition) is 3. The van der Waals surface area contributed by atoms with E-state index in [-0.39, 0.29) is 12.3 Å². The fourth-order valence-corrected chi connectivity index (χ4v) is 1.77. The van der Waals surface area contributed by atoms with E-state index < -0.39 is 17.3 Å². The van der Waals surface area contributed by atoms with Gasteiger partial charge in [0.2, 0.25) is 0 Å². The Morgan fingerprint density at radius 2 is 2.21 bits per heavy atom. The van der Waals surface area contributed by atoms with Crippen molar-refractivity contribution in [3.63, 3.8) is 0 Å². The van der Waals surface area contributed by atoms with Crippen molar-refractivity contribution in [1.29, 1.82) is 0 Å². The minimum absolute atomic E-state index is 0.0289. The van der Waals surface area contributed by atoms with Gasteiger partial charge in [-0.1, -0.05) is 6.07 Å². The first-order valence-corrected chi connectivity index (χ1v) is 5.66. The summed E-state index contributed by atoms with van der Waals surface area (Å²) in [6.45, 7) is 0.0978. The summed E-state index contributed by atoms with van der Waals surface area (Å²) in [7, 11) is 0. The molecule has 1 rings (SSSR count). The van der Waals surface area contributed by atoms with E-state index in [0.29, 0.717) is 10.5 Å². The number of hydrogen-bond acceptors (Lipinski definition) is 4. The quantitative estimate of drug-likeness (QED) is 0.625. The summed E-state index contributed by atoms with van der Waals surface area (Å²) in [5.74, 6) is -0.0289. The summed E-state index contributed by atoms with van der Waals surface area (Å²) >= 11 is -1.27. The van der Waals surface area contributed by atoms with E-state index in [1.54, 1.807) is 6.07 Å². The van der Waals surface area contributed by atoms with Crippen LogP contribution in [0.25, 0.3) is 0 Å². The first-order chi connectivity index (χ1) is 6.56. The SMILES string of the molecule is C[S+]([O-])c1cc(C(O)CN)ccc1O. The number of aliphatic hydroxyl groups excluding tert-OH is 1. The normalized spacial score (nSPS) is 15.1. The maximum Gasteiger partial charge on any atom is 0.194 e. The zero-order valence-electron chi connectivity index (χ0n) is 7.80. The number of aliphatic hydroxyl groups is 1. The third-order valence-electron chi connectivity index (χ3n) is 1.90. The molecule has 4 nitrogen and oxygen atoms in total. The molecule has 0 fully saturated rings. The summed E-state index contributed by atoms with van der Waals surface area (Å²) in [5, 5.41) is 18.8. The minimum atomic E-state index is -1.27. The van der Waals surface area contributed by atoms with Crippen molar-refractivity contribution >= 4 is 11.2 Å². The number of benzene rings is 1. The van der Waals surface area contributed by atoms with Crippen molar-refractivity contribution in [3.8, 4) is 5.75 Å². The lowest BCUT2D eigenvalue weighted by molar-refractivity contribution is 0.186. The van der Waals surface area contributed by atoms with Gasteiger partial charge in [-0.25, -0.2) is 0 Å². The molecule has 0 radical (unpaired) electrons. The van der Waals surface area contributed by atoms with Gasteiger partial charge in [0.15, 0.2) is 10.6 Å². The fraction of sp³-hybridized carbons (Fsp3) is 0.333. The molecule has 0 bridgehead atoms. The Morgan fingerprint density at radius 3 is 2.71 bits per heavy atom. The van der Waals surface area contributed by atoms with Crippen molar-refractivity contribution < 1.29 is 14.8 Å². The van der Waals surface area contributed by atoms with Crippen LogP contribution in [0.3, 0.4) is 0 Å². The van der Waals surface area contributed by atoms with E-state index in [0.717, 1.165) is 0 Å². The van der Waals surface area contributed by atoms with E-state index in [9.17, 15) is 14.8 Å². The molecule has 0 amide bonds. The van der Waals surface area contributed by atoms with Gasteiger partial charge in [0.05, 0.1) is 6.10 Å². The van der Waals surface area contributed by atoms with Gasteiger partial charge in [-0.05, 0) is 22.8 Å². The molecular weight excluding hydrogens is 202 g/mol. The largest absolute Gasteiger partial charge is 0.612 e. The van der Waals surface area contributed by atoms with E-state index >= 15 is 0 Å². The third-order valence-corrected chi connectivity index (χ3v) is 2.85. The van der Waals surface area contributed by atoms with E-state index in [1.807, 2.05) is 0 Å². The fourth-order valence-electron chi connectivity index (χ4n) is 1.10. The Morgan fingerprint density at radius 1 is 1.57 bits per heavy atom. The van der Waals surface area contributed by atoms with Gasteiger partial charge >= 0.3 is 0 Å². The summed E-state index contributed by atoms with van der Waals surface area (Å²) in [5.41, 5.74) is 5.85. The summed E-state index contributed by atoms with van der Waals surface area (Å²) < 4.78 is 11.2. The number of nitrogens with two attached hydrogens (primary N) is 1. The van der Waals surface area contributed by atoms with E-state index in [1.165, 1.54) is 18.4 Å². The molecule has 2 atom stereocenters. The first-order valence-electron chi connectivity index (χ1n) is 4.10. The standard InChI is InChI=1S/C9H13NO3S/c1-14(13)9-4-6(8(12)5-10)2-3-7(9)11/h2-4,8,11-12H,5,10H2,1H3. The lowest BCUT2D eigenvalue weighted by atomic mass is 10.1. The van der Waals surface area contributed by atoms with Crippen LogP contribution in [-0.4, -0.2) is 27.6 Å². The number of aromatic hydroxyl groups is 1. The van der Waals surface area contributed by atoms with Crippen LogP contribution in [0.15, 0.2) is 23.1 Å². The second-order valence-corrected chi connectivity index (χ2v) is 4.28. The van der Waals surface area contributed by atoms with Crippen LogP contribution in [-0.2, 0) is 11.2 Å². The highest BCUT2D eigenvalue weighted by molar-refractivity contribution is 7.90. The van der Waals surface area contributed by atoms with Gasteiger partial charge in [-0.2, -0.15) is 0 Å². The van der Waals surface area contributed by atoms with Crippen molar-refractivity contribution in [1.82, 2.24) is 0 Å². The molecular formula is C9H13NO3S. The van der Waals surface area contributed by atoms with Crippen LogP contribution in [0.2, 0.25) is 0 Å². The van der Waals surface area contributed by atoms with Crippen LogP contribution in [0, 0.1) is 0 Å². The molecule has 0 aliphatic heterocycles. The molecule has 14 heavy (non-hydrogen) atoms. The predicted molar refractivity (Wildman–Crippen MR) is 54.5 cm³/mol. The zero-order chi connectivity index (χ0) is 10.7. The lowest BCUT2D eigenvalue weighted by Crippen LogP contribution is -2.12. The summed E-state index contributed by atoms with van der Waals surface area (Å²) in [4.78, 5) is 0.315. The molecule has 0 aromatic heterocycles. The second-order valence-electron chi connectivity index (χ2n) is 2.93. The maximum atomic E-state index is 11.2. The lowest BCUT2D eigenvalue weighted by Gasteiger charge is -2.11.